The fourth-order valence-electron chi connectivity index (χ4n) is 1.37. The van der Waals surface area contributed by atoms with Gasteiger partial charge in [0.2, 0.25) is 0 Å². The number of amides is 3. The van der Waals surface area contributed by atoms with Crippen molar-refractivity contribution in [1.29, 1.82) is 0 Å². The normalized spacial score (nSPS) is 36.0. The zero-order chi connectivity index (χ0) is 7.90. The molecular formula is C6H8N2O3. The molecule has 1 atom stereocenters. The van der Waals surface area contributed by atoms with E-state index in [0.717, 1.165) is 0 Å². The lowest BCUT2D eigenvalue weighted by Crippen LogP contribution is -2.47. The van der Waals surface area contributed by atoms with Crippen LogP contribution in [0.1, 0.15) is 6.42 Å². The summed E-state index contributed by atoms with van der Waals surface area (Å²) in [6.45, 7) is 0.832. The second-order valence-electron chi connectivity index (χ2n) is 2.79. The van der Waals surface area contributed by atoms with Crippen LogP contribution in [0.3, 0.4) is 0 Å². The average Bonchev–Trinajstić information content (AvgIpc) is 2.45. The molecule has 2 heterocycles. The monoisotopic (exact) mass is 156 g/mol. The van der Waals surface area contributed by atoms with Crippen molar-refractivity contribution in [2.45, 2.75) is 12.0 Å². The van der Waals surface area contributed by atoms with Gasteiger partial charge in [-0.3, -0.25) is 10.1 Å². The van der Waals surface area contributed by atoms with Gasteiger partial charge in [0.05, 0.1) is 6.61 Å². The van der Waals surface area contributed by atoms with Crippen molar-refractivity contribution in [1.82, 2.24) is 10.6 Å². The molecule has 0 radical (unpaired) electrons. The number of imide groups is 1. The van der Waals surface area contributed by atoms with E-state index < -0.39 is 11.6 Å². The lowest BCUT2D eigenvalue weighted by Gasteiger charge is -2.15. The van der Waals surface area contributed by atoms with E-state index in [1.165, 1.54) is 0 Å². The Morgan fingerprint density at radius 1 is 1.45 bits per heavy atom. The third-order valence-corrected chi connectivity index (χ3v) is 2.04. The Balaban J connectivity index is 2.24. The zero-order valence-corrected chi connectivity index (χ0v) is 5.85. The molecule has 1 spiro atoms. The van der Waals surface area contributed by atoms with Crippen molar-refractivity contribution in [3.63, 3.8) is 0 Å². The molecule has 0 aromatic rings. The molecule has 60 valence electrons. The molecule has 0 saturated carbocycles. The van der Waals surface area contributed by atoms with Crippen LogP contribution in [0.25, 0.3) is 0 Å². The smallest absolute Gasteiger partial charge is 0.322 e. The number of hydrogen-bond donors (Lipinski definition) is 2. The second kappa shape index (κ2) is 1.94. The van der Waals surface area contributed by atoms with Crippen LogP contribution in [0.5, 0.6) is 0 Å². The summed E-state index contributed by atoms with van der Waals surface area (Å²) in [6.07, 6.45) is 0.574. The van der Waals surface area contributed by atoms with Crippen molar-refractivity contribution < 1.29 is 14.3 Å². The highest BCUT2D eigenvalue weighted by Gasteiger charge is 2.48. The summed E-state index contributed by atoms with van der Waals surface area (Å²) in [5.74, 6) is -0.264. The van der Waals surface area contributed by atoms with Crippen LogP contribution in [0.15, 0.2) is 0 Å². The average molecular weight is 156 g/mol. The molecule has 2 aliphatic heterocycles. The minimum absolute atomic E-state index is 0.264. The molecule has 2 aliphatic rings. The zero-order valence-electron chi connectivity index (χ0n) is 5.85. The topological polar surface area (TPSA) is 67.4 Å². The van der Waals surface area contributed by atoms with Gasteiger partial charge in [0.15, 0.2) is 0 Å². The van der Waals surface area contributed by atoms with Crippen LogP contribution < -0.4 is 10.6 Å². The number of carbonyl (C=O) groups excluding carboxylic acids is 2. The molecule has 1 unspecified atom stereocenters. The summed E-state index contributed by atoms with van der Waals surface area (Å²) in [5.41, 5.74) is -0.753. The van der Waals surface area contributed by atoms with Gasteiger partial charge in [-0.15, -0.1) is 0 Å². The Morgan fingerprint density at radius 2 is 2.27 bits per heavy atom. The van der Waals surface area contributed by atoms with Crippen molar-refractivity contribution in [2.75, 3.05) is 13.2 Å². The summed E-state index contributed by atoms with van der Waals surface area (Å²) in [6, 6.07) is -0.416. The van der Waals surface area contributed by atoms with E-state index in [1.807, 2.05) is 0 Å². The molecule has 2 N–H and O–H groups in total. The molecule has 0 aliphatic carbocycles. The van der Waals surface area contributed by atoms with Crippen LogP contribution in [-0.4, -0.2) is 30.7 Å². The predicted octanol–water partition coefficient (Wildman–Crippen LogP) is -1.02. The van der Waals surface area contributed by atoms with E-state index in [4.69, 9.17) is 4.74 Å². The Kier molecular flexibility index (Phi) is 1.17. The number of nitrogens with one attached hydrogen (secondary N) is 2. The first kappa shape index (κ1) is 6.60. The summed E-state index contributed by atoms with van der Waals surface area (Å²) in [7, 11) is 0. The Hall–Kier alpha value is -1.10. The van der Waals surface area contributed by atoms with Crippen LogP contribution in [0.2, 0.25) is 0 Å². The number of rotatable bonds is 0. The standard InChI is InChI=1S/C6H8N2O3/c9-4-6(1-2-11-3-6)8-5(10)7-4/h1-3H2,(H2,7,8,9,10). The molecule has 11 heavy (non-hydrogen) atoms. The van der Waals surface area contributed by atoms with Gasteiger partial charge in [0.25, 0.3) is 5.91 Å². The van der Waals surface area contributed by atoms with Crippen LogP contribution >= 0.6 is 0 Å². The van der Waals surface area contributed by atoms with E-state index >= 15 is 0 Å². The molecule has 0 aromatic heterocycles. The summed E-state index contributed by atoms with van der Waals surface area (Å²) < 4.78 is 5.03. The fraction of sp³-hybridized carbons (Fsp3) is 0.667. The number of hydrogen-bond acceptors (Lipinski definition) is 3. The van der Waals surface area contributed by atoms with E-state index in [1.54, 1.807) is 0 Å². The van der Waals surface area contributed by atoms with Crippen molar-refractivity contribution in [3.05, 3.63) is 0 Å². The quantitative estimate of drug-likeness (QED) is 0.441. The molecular weight excluding hydrogens is 148 g/mol. The first-order valence-electron chi connectivity index (χ1n) is 3.44. The minimum Gasteiger partial charge on any atom is -0.378 e. The highest BCUT2D eigenvalue weighted by atomic mass is 16.5. The molecule has 5 nitrogen and oxygen atoms in total. The van der Waals surface area contributed by atoms with E-state index in [2.05, 4.69) is 10.6 Å². The molecule has 0 aromatic carbocycles. The highest BCUT2D eigenvalue weighted by molar-refractivity contribution is 6.07. The van der Waals surface area contributed by atoms with Gasteiger partial charge in [0.1, 0.15) is 5.54 Å². The molecule has 3 amide bonds. The van der Waals surface area contributed by atoms with Crippen LogP contribution in [0, 0.1) is 0 Å². The lowest BCUT2D eigenvalue weighted by atomic mass is 10.00. The largest absolute Gasteiger partial charge is 0.378 e. The van der Waals surface area contributed by atoms with Crippen LogP contribution in [0.4, 0.5) is 4.79 Å². The summed E-state index contributed by atoms with van der Waals surface area (Å²) >= 11 is 0. The fourth-order valence-corrected chi connectivity index (χ4v) is 1.37. The van der Waals surface area contributed by atoms with E-state index in [0.29, 0.717) is 19.6 Å². The summed E-state index contributed by atoms with van der Waals surface area (Å²) in [5, 5.41) is 4.73. The molecule has 0 bridgehead atoms. The predicted molar refractivity (Wildman–Crippen MR) is 34.8 cm³/mol. The van der Waals surface area contributed by atoms with Crippen LogP contribution in [-0.2, 0) is 9.53 Å². The van der Waals surface area contributed by atoms with E-state index in [-0.39, 0.29) is 5.91 Å². The lowest BCUT2D eigenvalue weighted by molar-refractivity contribution is -0.123. The van der Waals surface area contributed by atoms with Gasteiger partial charge in [-0.1, -0.05) is 0 Å². The summed E-state index contributed by atoms with van der Waals surface area (Å²) in [4.78, 5) is 21.9. The maximum absolute atomic E-state index is 11.1. The van der Waals surface area contributed by atoms with Crippen molar-refractivity contribution in [2.24, 2.45) is 0 Å². The second-order valence-corrected chi connectivity index (χ2v) is 2.79. The maximum atomic E-state index is 11.1. The first-order valence-corrected chi connectivity index (χ1v) is 3.44. The Labute approximate surface area is 63.1 Å². The van der Waals surface area contributed by atoms with Gasteiger partial charge in [0, 0.05) is 13.0 Å². The first-order chi connectivity index (χ1) is 5.23. The number of ether oxygens (including phenoxy) is 1. The molecule has 2 rings (SSSR count). The molecule has 2 fully saturated rings. The minimum atomic E-state index is -0.753. The van der Waals surface area contributed by atoms with E-state index in [9.17, 15) is 9.59 Å². The van der Waals surface area contributed by atoms with Gasteiger partial charge < -0.3 is 10.1 Å². The number of carbonyl (C=O) groups is 2. The van der Waals surface area contributed by atoms with Crippen molar-refractivity contribution in [3.8, 4) is 0 Å². The number of urea groups is 1. The van der Waals surface area contributed by atoms with Gasteiger partial charge >= 0.3 is 6.03 Å². The third-order valence-electron chi connectivity index (χ3n) is 2.04. The van der Waals surface area contributed by atoms with Gasteiger partial charge in [-0.2, -0.15) is 0 Å². The van der Waals surface area contributed by atoms with Gasteiger partial charge in [-0.25, -0.2) is 4.79 Å². The SMILES string of the molecule is O=C1NC(=O)C2(CCOC2)N1. The van der Waals surface area contributed by atoms with Crippen molar-refractivity contribution >= 4 is 11.9 Å². The highest BCUT2D eigenvalue weighted by Crippen LogP contribution is 2.21. The molecule has 5 heteroatoms. The molecule has 2 saturated heterocycles. The Morgan fingerprint density at radius 3 is 2.73 bits per heavy atom. The maximum Gasteiger partial charge on any atom is 0.322 e. The van der Waals surface area contributed by atoms with Gasteiger partial charge in [-0.05, 0) is 0 Å². The third kappa shape index (κ3) is 0.808. The Bertz CT molecular complexity index is 220.